The smallest absolute Gasteiger partial charge is 0.0900 e. The van der Waals surface area contributed by atoms with Gasteiger partial charge in [-0.3, -0.25) is 0 Å². The first kappa shape index (κ1) is 8.43. The Morgan fingerprint density at radius 1 is 1.64 bits per heavy atom. The molecule has 0 saturated heterocycles. The third kappa shape index (κ3) is 1.67. The molecule has 0 fully saturated rings. The molecule has 0 aromatic carbocycles. The SMILES string of the molecule is C=CC(N)c1sc(C)nc1C. The van der Waals surface area contributed by atoms with Crippen molar-refractivity contribution in [3.05, 3.63) is 28.2 Å². The van der Waals surface area contributed by atoms with Crippen molar-refractivity contribution in [2.24, 2.45) is 5.73 Å². The molecule has 2 nitrogen and oxygen atoms in total. The quantitative estimate of drug-likeness (QED) is 0.685. The van der Waals surface area contributed by atoms with E-state index in [-0.39, 0.29) is 6.04 Å². The molecule has 1 rings (SSSR count). The highest BCUT2D eigenvalue weighted by Crippen LogP contribution is 2.23. The zero-order valence-electron chi connectivity index (χ0n) is 6.79. The summed E-state index contributed by atoms with van der Waals surface area (Å²) in [6.45, 7) is 7.60. The van der Waals surface area contributed by atoms with Gasteiger partial charge in [0.1, 0.15) is 0 Å². The molecule has 0 radical (unpaired) electrons. The molecule has 1 heterocycles. The summed E-state index contributed by atoms with van der Waals surface area (Å²) in [7, 11) is 0. The van der Waals surface area contributed by atoms with Gasteiger partial charge in [-0.2, -0.15) is 0 Å². The monoisotopic (exact) mass is 168 g/mol. The molecule has 60 valence electrons. The summed E-state index contributed by atoms with van der Waals surface area (Å²) in [5, 5.41) is 1.06. The Labute approximate surface area is 70.8 Å². The number of aromatic nitrogens is 1. The first-order valence-corrected chi connectivity index (χ1v) is 4.29. The lowest BCUT2D eigenvalue weighted by Crippen LogP contribution is -2.05. The molecule has 0 saturated carbocycles. The maximum atomic E-state index is 5.76. The summed E-state index contributed by atoms with van der Waals surface area (Å²) in [5.41, 5.74) is 6.79. The van der Waals surface area contributed by atoms with E-state index in [1.165, 1.54) is 0 Å². The molecule has 1 aromatic rings. The molecular formula is C8H12N2S. The van der Waals surface area contributed by atoms with E-state index in [0.29, 0.717) is 0 Å². The van der Waals surface area contributed by atoms with Crippen LogP contribution in [-0.2, 0) is 0 Å². The molecule has 0 spiro atoms. The van der Waals surface area contributed by atoms with Crippen LogP contribution in [-0.4, -0.2) is 4.98 Å². The number of hydrogen-bond donors (Lipinski definition) is 1. The van der Waals surface area contributed by atoms with Gasteiger partial charge in [-0.1, -0.05) is 6.08 Å². The maximum absolute atomic E-state index is 5.76. The van der Waals surface area contributed by atoms with Crippen molar-refractivity contribution in [2.75, 3.05) is 0 Å². The summed E-state index contributed by atoms with van der Waals surface area (Å²) < 4.78 is 0. The molecule has 0 aliphatic heterocycles. The van der Waals surface area contributed by atoms with Crippen molar-refractivity contribution in [2.45, 2.75) is 19.9 Å². The topological polar surface area (TPSA) is 38.9 Å². The first-order chi connectivity index (χ1) is 5.15. The first-order valence-electron chi connectivity index (χ1n) is 3.47. The number of hydrogen-bond acceptors (Lipinski definition) is 3. The van der Waals surface area contributed by atoms with Crippen LogP contribution in [0.4, 0.5) is 0 Å². The minimum Gasteiger partial charge on any atom is -0.320 e. The minimum absolute atomic E-state index is 0.0544. The largest absolute Gasteiger partial charge is 0.320 e. The summed E-state index contributed by atoms with van der Waals surface area (Å²) in [4.78, 5) is 5.39. The van der Waals surface area contributed by atoms with Crippen LogP contribution in [0.2, 0.25) is 0 Å². The molecule has 1 aromatic heterocycles. The number of nitrogens with two attached hydrogens (primary N) is 1. The van der Waals surface area contributed by atoms with Gasteiger partial charge in [-0.15, -0.1) is 17.9 Å². The van der Waals surface area contributed by atoms with Crippen LogP contribution in [0, 0.1) is 13.8 Å². The van der Waals surface area contributed by atoms with E-state index in [9.17, 15) is 0 Å². The second-order valence-corrected chi connectivity index (χ2v) is 3.68. The number of aryl methyl sites for hydroxylation is 2. The zero-order valence-corrected chi connectivity index (χ0v) is 7.61. The predicted octanol–water partition coefficient (Wildman–Crippen LogP) is 1.95. The normalized spacial score (nSPS) is 13.0. The van der Waals surface area contributed by atoms with Gasteiger partial charge >= 0.3 is 0 Å². The van der Waals surface area contributed by atoms with Crippen molar-refractivity contribution >= 4 is 11.3 Å². The summed E-state index contributed by atoms with van der Waals surface area (Å²) in [6, 6.07) is -0.0544. The van der Waals surface area contributed by atoms with Gasteiger partial charge in [-0.05, 0) is 13.8 Å². The average molecular weight is 168 g/mol. The fraction of sp³-hybridized carbons (Fsp3) is 0.375. The van der Waals surface area contributed by atoms with E-state index in [4.69, 9.17) is 5.73 Å². The van der Waals surface area contributed by atoms with Gasteiger partial charge in [0.05, 0.1) is 16.7 Å². The van der Waals surface area contributed by atoms with Gasteiger partial charge in [0.2, 0.25) is 0 Å². The average Bonchev–Trinajstić information content (AvgIpc) is 2.28. The highest BCUT2D eigenvalue weighted by Gasteiger charge is 2.09. The molecule has 11 heavy (non-hydrogen) atoms. The van der Waals surface area contributed by atoms with Gasteiger partial charge in [0.25, 0.3) is 0 Å². The van der Waals surface area contributed by atoms with Gasteiger partial charge < -0.3 is 5.73 Å². The van der Waals surface area contributed by atoms with Crippen LogP contribution in [0.1, 0.15) is 21.6 Å². The lowest BCUT2D eigenvalue weighted by atomic mass is 10.2. The molecule has 3 heteroatoms. The molecule has 2 N–H and O–H groups in total. The number of nitrogens with zero attached hydrogens (tertiary/aromatic N) is 1. The van der Waals surface area contributed by atoms with Crippen LogP contribution < -0.4 is 5.73 Å². The fourth-order valence-electron chi connectivity index (χ4n) is 0.963. The Morgan fingerprint density at radius 2 is 2.27 bits per heavy atom. The lowest BCUT2D eigenvalue weighted by Gasteiger charge is -2.01. The molecule has 0 aliphatic carbocycles. The van der Waals surface area contributed by atoms with Gasteiger partial charge in [0, 0.05) is 4.88 Å². The predicted molar refractivity (Wildman–Crippen MR) is 48.7 cm³/mol. The minimum atomic E-state index is -0.0544. The van der Waals surface area contributed by atoms with Crippen molar-refractivity contribution in [1.29, 1.82) is 0 Å². The highest BCUT2D eigenvalue weighted by molar-refractivity contribution is 7.11. The Hall–Kier alpha value is -0.670. The highest BCUT2D eigenvalue weighted by atomic mass is 32.1. The van der Waals surface area contributed by atoms with E-state index < -0.39 is 0 Å². The van der Waals surface area contributed by atoms with E-state index in [1.807, 2.05) is 13.8 Å². The molecule has 0 amide bonds. The van der Waals surface area contributed by atoms with Crippen molar-refractivity contribution in [3.8, 4) is 0 Å². The van der Waals surface area contributed by atoms with E-state index >= 15 is 0 Å². The molecular weight excluding hydrogens is 156 g/mol. The van der Waals surface area contributed by atoms with Crippen LogP contribution in [0.15, 0.2) is 12.7 Å². The second-order valence-electron chi connectivity index (χ2n) is 2.44. The molecule has 1 unspecified atom stereocenters. The number of rotatable bonds is 2. The third-order valence-corrected chi connectivity index (χ3v) is 2.67. The summed E-state index contributed by atoms with van der Waals surface area (Å²) in [5.74, 6) is 0. The molecule has 0 bridgehead atoms. The Kier molecular flexibility index (Phi) is 2.42. The van der Waals surface area contributed by atoms with Crippen molar-refractivity contribution < 1.29 is 0 Å². The van der Waals surface area contributed by atoms with E-state index in [0.717, 1.165) is 15.6 Å². The third-order valence-electron chi connectivity index (χ3n) is 1.50. The Balaban J connectivity index is 3.02. The van der Waals surface area contributed by atoms with Crippen LogP contribution in [0.3, 0.4) is 0 Å². The van der Waals surface area contributed by atoms with Gasteiger partial charge in [0.15, 0.2) is 0 Å². The summed E-state index contributed by atoms with van der Waals surface area (Å²) >= 11 is 1.64. The summed E-state index contributed by atoms with van der Waals surface area (Å²) in [6.07, 6.45) is 1.74. The maximum Gasteiger partial charge on any atom is 0.0900 e. The molecule has 1 atom stereocenters. The lowest BCUT2D eigenvalue weighted by molar-refractivity contribution is 0.918. The standard InChI is InChI=1S/C8H12N2S/c1-4-7(9)8-5(2)10-6(3)11-8/h4,7H,1,9H2,2-3H3. The van der Waals surface area contributed by atoms with Crippen LogP contribution >= 0.6 is 11.3 Å². The van der Waals surface area contributed by atoms with E-state index in [1.54, 1.807) is 17.4 Å². The van der Waals surface area contributed by atoms with Crippen LogP contribution in [0.25, 0.3) is 0 Å². The molecule has 0 aliphatic rings. The van der Waals surface area contributed by atoms with Crippen molar-refractivity contribution in [3.63, 3.8) is 0 Å². The Morgan fingerprint density at radius 3 is 2.64 bits per heavy atom. The van der Waals surface area contributed by atoms with E-state index in [2.05, 4.69) is 11.6 Å². The zero-order chi connectivity index (χ0) is 8.43. The number of thiazole rings is 1. The van der Waals surface area contributed by atoms with Crippen LogP contribution in [0.5, 0.6) is 0 Å². The Bertz CT molecular complexity index is 265. The fourth-order valence-corrected chi connectivity index (χ4v) is 1.89. The second kappa shape index (κ2) is 3.15. The van der Waals surface area contributed by atoms with Crippen molar-refractivity contribution in [1.82, 2.24) is 4.98 Å². The van der Waals surface area contributed by atoms with Gasteiger partial charge in [-0.25, -0.2) is 4.98 Å².